The molecule has 0 saturated carbocycles. The van der Waals surface area contributed by atoms with Crippen LogP contribution < -0.4 is 5.32 Å². The van der Waals surface area contributed by atoms with Crippen molar-refractivity contribution in [1.82, 2.24) is 18.7 Å². The van der Waals surface area contributed by atoms with Crippen LogP contribution in [0.25, 0.3) is 11.0 Å². The summed E-state index contributed by atoms with van der Waals surface area (Å²) in [6.45, 7) is 1.64. The lowest BCUT2D eigenvalue weighted by atomic mass is 9.98. The highest BCUT2D eigenvalue weighted by Gasteiger charge is 2.29. The summed E-state index contributed by atoms with van der Waals surface area (Å²) in [6.07, 6.45) is 1.36. The molecule has 0 bridgehead atoms. The number of aromatic carboxylic acids is 1. The van der Waals surface area contributed by atoms with Crippen LogP contribution in [-0.4, -0.2) is 29.8 Å². The normalized spacial score (nSPS) is 12.3. The summed E-state index contributed by atoms with van der Waals surface area (Å²) >= 11 is 3.27. The van der Waals surface area contributed by atoms with Crippen LogP contribution in [0.4, 0.5) is 14.0 Å². The van der Waals surface area contributed by atoms with Crippen LogP contribution in [0.1, 0.15) is 33.4 Å². The van der Waals surface area contributed by atoms with Gasteiger partial charge in [-0.05, 0) is 37.3 Å². The Bertz CT molecular complexity index is 1310. The summed E-state index contributed by atoms with van der Waals surface area (Å²) < 4.78 is 31.2. The fourth-order valence-corrected chi connectivity index (χ4v) is 4.08. The average Bonchev–Trinajstić information content (AvgIpc) is 3.26. The average molecular weight is 508 g/mol. The number of carboxylic acids is 1. The topological polar surface area (TPSA) is 85.0 Å². The molecule has 0 aliphatic heterocycles. The van der Waals surface area contributed by atoms with Crippen molar-refractivity contribution in [2.24, 2.45) is 7.05 Å². The van der Waals surface area contributed by atoms with Crippen molar-refractivity contribution < 1.29 is 18.2 Å². The molecule has 1 atom stereocenters. The molecule has 2 N–H and O–H groups in total. The fourth-order valence-electron chi connectivity index (χ4n) is 3.43. The number of carboxylic acid groups (broad SMARTS) is 1. The Labute approximate surface area is 188 Å². The smallest absolute Gasteiger partial charge is 0.339 e. The van der Waals surface area contributed by atoms with E-state index in [1.807, 2.05) is 0 Å². The van der Waals surface area contributed by atoms with E-state index in [9.17, 15) is 18.2 Å². The molecule has 0 saturated heterocycles. The predicted molar refractivity (Wildman–Crippen MR) is 118 cm³/mol. The van der Waals surface area contributed by atoms with Gasteiger partial charge in [0.2, 0.25) is 0 Å². The summed E-state index contributed by atoms with van der Waals surface area (Å²) in [6, 6.07) is 8.71. The van der Waals surface area contributed by atoms with Crippen molar-refractivity contribution in [3.63, 3.8) is 0 Å². The van der Waals surface area contributed by atoms with Crippen LogP contribution in [0.5, 0.6) is 0 Å². The number of carbonyl (C=O) groups is 1. The monoisotopic (exact) mass is 507 g/mol. The standard InChI is InChI=1S/C20H16BrF2N5O2S/c1-10-17(20(29)30)19(26-27(10)2)18(13-5-3-11(21)7-14(13)22)25-12-4-6-16-15(8-12)24-9-28(16)31-23/h3-9,18,25H,1-2H3,(H,29,30). The lowest BCUT2D eigenvalue weighted by molar-refractivity contribution is 0.0694. The number of imidazole rings is 1. The van der Waals surface area contributed by atoms with Crippen molar-refractivity contribution in [2.45, 2.75) is 13.0 Å². The van der Waals surface area contributed by atoms with E-state index in [0.29, 0.717) is 26.9 Å². The van der Waals surface area contributed by atoms with Crippen LogP contribution in [0, 0.1) is 12.7 Å². The van der Waals surface area contributed by atoms with Gasteiger partial charge in [-0.15, -0.1) is 3.89 Å². The number of benzene rings is 2. The molecule has 0 fully saturated rings. The third kappa shape index (κ3) is 3.90. The Morgan fingerprint density at radius 1 is 1.29 bits per heavy atom. The van der Waals surface area contributed by atoms with E-state index in [1.165, 1.54) is 21.0 Å². The molecule has 11 heteroatoms. The zero-order chi connectivity index (χ0) is 22.3. The van der Waals surface area contributed by atoms with Gasteiger partial charge >= 0.3 is 5.97 Å². The lowest BCUT2D eigenvalue weighted by Gasteiger charge is -2.20. The maximum absolute atomic E-state index is 14.9. The number of hydrogen-bond donors (Lipinski definition) is 2. The SMILES string of the molecule is Cc1c(C(=O)O)c(C(Nc2ccc3c(c2)ncn3SF)c2ccc(Br)cc2F)nn1C. The van der Waals surface area contributed by atoms with Gasteiger partial charge < -0.3 is 10.4 Å². The molecule has 0 amide bonds. The van der Waals surface area contributed by atoms with Crippen LogP contribution in [0.2, 0.25) is 0 Å². The van der Waals surface area contributed by atoms with Crippen molar-refractivity contribution in [3.05, 3.63) is 75.5 Å². The van der Waals surface area contributed by atoms with Crippen molar-refractivity contribution in [2.75, 3.05) is 5.32 Å². The Hall–Kier alpha value is -2.92. The van der Waals surface area contributed by atoms with Gasteiger partial charge in [-0.25, -0.2) is 18.1 Å². The van der Waals surface area contributed by atoms with Crippen LogP contribution in [0.3, 0.4) is 0 Å². The lowest BCUT2D eigenvalue weighted by Crippen LogP contribution is -2.18. The van der Waals surface area contributed by atoms with E-state index in [2.05, 4.69) is 31.3 Å². The summed E-state index contributed by atoms with van der Waals surface area (Å²) in [7, 11) is 1.63. The molecule has 4 aromatic rings. The number of aromatic nitrogens is 4. The second-order valence-corrected chi connectivity index (χ2v) is 8.31. The van der Waals surface area contributed by atoms with Crippen molar-refractivity contribution >= 4 is 51.0 Å². The molecule has 2 aromatic heterocycles. The van der Waals surface area contributed by atoms with Gasteiger partial charge in [0.05, 0.1) is 17.1 Å². The minimum atomic E-state index is -1.15. The van der Waals surface area contributed by atoms with E-state index in [4.69, 9.17) is 0 Å². The van der Waals surface area contributed by atoms with E-state index >= 15 is 0 Å². The van der Waals surface area contributed by atoms with Gasteiger partial charge in [-0.1, -0.05) is 22.0 Å². The highest BCUT2D eigenvalue weighted by molar-refractivity contribution is 9.10. The molecule has 160 valence electrons. The van der Waals surface area contributed by atoms with Crippen LogP contribution in [0.15, 0.2) is 47.2 Å². The van der Waals surface area contributed by atoms with Gasteiger partial charge in [-0.2, -0.15) is 5.10 Å². The maximum atomic E-state index is 14.9. The van der Waals surface area contributed by atoms with Gasteiger partial charge in [0.15, 0.2) is 12.3 Å². The Balaban J connectivity index is 1.86. The van der Waals surface area contributed by atoms with Crippen molar-refractivity contribution in [1.29, 1.82) is 0 Å². The molecular formula is C20H16BrF2N5O2S. The highest BCUT2D eigenvalue weighted by atomic mass is 79.9. The predicted octanol–water partition coefficient (Wildman–Crippen LogP) is 5.26. The minimum Gasteiger partial charge on any atom is -0.478 e. The molecule has 0 radical (unpaired) electrons. The first kappa shape index (κ1) is 21.3. The number of hydrogen-bond acceptors (Lipinski definition) is 5. The van der Waals surface area contributed by atoms with Crippen molar-refractivity contribution in [3.8, 4) is 0 Å². The van der Waals surface area contributed by atoms with E-state index in [1.54, 1.807) is 44.3 Å². The maximum Gasteiger partial charge on any atom is 0.339 e. The van der Waals surface area contributed by atoms with Crippen LogP contribution in [-0.2, 0) is 7.05 Å². The first-order chi connectivity index (χ1) is 14.8. The quantitative estimate of drug-likeness (QED) is 0.370. The van der Waals surface area contributed by atoms with Gasteiger partial charge in [-0.3, -0.25) is 4.68 Å². The number of aryl methyl sites for hydroxylation is 1. The van der Waals surface area contributed by atoms with Crippen LogP contribution >= 0.6 is 28.3 Å². The number of nitrogens with zero attached hydrogens (tertiary/aromatic N) is 4. The van der Waals surface area contributed by atoms with Gasteiger partial charge in [0, 0.05) is 28.5 Å². The molecule has 0 aliphatic carbocycles. The highest BCUT2D eigenvalue weighted by Crippen LogP contribution is 2.33. The molecule has 0 aliphatic rings. The molecule has 0 spiro atoms. The number of rotatable bonds is 6. The molecule has 2 heterocycles. The third-order valence-corrected chi connectivity index (χ3v) is 5.95. The summed E-state index contributed by atoms with van der Waals surface area (Å²) in [5.41, 5.74) is 2.51. The Morgan fingerprint density at radius 2 is 2.06 bits per heavy atom. The zero-order valence-electron chi connectivity index (χ0n) is 16.3. The summed E-state index contributed by atoms with van der Waals surface area (Å²) in [5.74, 6) is -1.68. The number of nitrogens with one attached hydrogen (secondary N) is 1. The number of fused-ring (bicyclic) bond motifs is 1. The largest absolute Gasteiger partial charge is 0.478 e. The summed E-state index contributed by atoms with van der Waals surface area (Å²) in [4.78, 5) is 16.1. The van der Waals surface area contributed by atoms with E-state index in [-0.39, 0.29) is 29.2 Å². The first-order valence-electron chi connectivity index (χ1n) is 9.04. The first-order valence-corrected chi connectivity index (χ1v) is 10.5. The minimum absolute atomic E-state index is 0.00139. The molecule has 7 nitrogen and oxygen atoms in total. The second kappa shape index (κ2) is 8.31. The number of anilines is 1. The second-order valence-electron chi connectivity index (χ2n) is 6.86. The molecular weight excluding hydrogens is 492 g/mol. The fraction of sp³-hybridized carbons (Fsp3) is 0.150. The van der Waals surface area contributed by atoms with E-state index < -0.39 is 17.8 Å². The Kier molecular flexibility index (Phi) is 5.71. The molecule has 2 aromatic carbocycles. The van der Waals surface area contributed by atoms with E-state index in [0.717, 1.165) is 0 Å². The Morgan fingerprint density at radius 3 is 2.74 bits per heavy atom. The van der Waals surface area contributed by atoms with Gasteiger partial charge in [0.1, 0.15) is 23.4 Å². The number of halogens is 3. The zero-order valence-corrected chi connectivity index (χ0v) is 18.7. The molecule has 4 rings (SSSR count). The molecule has 31 heavy (non-hydrogen) atoms. The molecule has 1 unspecified atom stereocenters. The summed E-state index contributed by atoms with van der Waals surface area (Å²) in [5, 5.41) is 17.3. The third-order valence-electron chi connectivity index (χ3n) is 5.02. The van der Waals surface area contributed by atoms with Gasteiger partial charge in [0.25, 0.3) is 0 Å².